The van der Waals surface area contributed by atoms with Gasteiger partial charge < -0.3 is 0 Å². The molecule has 0 aliphatic heterocycles. The molecule has 0 aromatic heterocycles. The first-order chi connectivity index (χ1) is 10.8. The lowest BCUT2D eigenvalue weighted by Gasteiger charge is -2.33. The van der Waals surface area contributed by atoms with E-state index in [-0.39, 0.29) is 0 Å². The summed E-state index contributed by atoms with van der Waals surface area (Å²) in [6.45, 7) is 14.0. The molecule has 0 saturated heterocycles. The topological polar surface area (TPSA) is 3.24 Å². The van der Waals surface area contributed by atoms with E-state index in [1.54, 1.807) is 0 Å². The van der Waals surface area contributed by atoms with Crippen molar-refractivity contribution in [1.82, 2.24) is 4.90 Å². The van der Waals surface area contributed by atoms with Gasteiger partial charge in [-0.25, -0.2) is 0 Å². The van der Waals surface area contributed by atoms with Crippen molar-refractivity contribution in [3.05, 3.63) is 35.9 Å². The summed E-state index contributed by atoms with van der Waals surface area (Å²) in [6, 6.07) is 11.6. The van der Waals surface area contributed by atoms with Gasteiger partial charge in [0.05, 0.1) is 0 Å². The lowest BCUT2D eigenvalue weighted by atomic mass is 9.86. The number of benzene rings is 1. The Bertz CT molecular complexity index is 369. The third-order valence-corrected chi connectivity index (χ3v) is 3.88. The summed E-state index contributed by atoms with van der Waals surface area (Å²) in [5, 5.41) is 0. The Balaban J connectivity index is 0.000000594. The predicted molar refractivity (Wildman–Crippen MR) is 114 cm³/mol. The van der Waals surface area contributed by atoms with E-state index < -0.39 is 0 Å². The van der Waals surface area contributed by atoms with Gasteiger partial charge in [-0.15, -0.1) is 0 Å². The van der Waals surface area contributed by atoms with Gasteiger partial charge in [-0.05, 0) is 44.2 Å². The number of alkyl halides is 1. The zero-order valence-electron chi connectivity index (χ0n) is 16.4. The summed E-state index contributed by atoms with van der Waals surface area (Å²) in [5.74, 6) is 0.946. The molecular formula is C21H38IN. The Morgan fingerprint density at radius 3 is 1.87 bits per heavy atom. The maximum Gasteiger partial charge on any atom is 0.0233 e. The molecule has 2 rings (SSSR count). The number of hydrogen-bond acceptors (Lipinski definition) is 1. The van der Waals surface area contributed by atoms with Crippen LogP contribution in [0.2, 0.25) is 0 Å². The third kappa shape index (κ3) is 12.9. The van der Waals surface area contributed by atoms with E-state index >= 15 is 0 Å². The van der Waals surface area contributed by atoms with Crippen LogP contribution in [0, 0.1) is 5.92 Å². The molecule has 0 radical (unpaired) electrons. The maximum absolute atomic E-state index is 2.53. The Morgan fingerprint density at radius 2 is 1.43 bits per heavy atom. The highest BCUT2D eigenvalue weighted by atomic mass is 127. The van der Waals surface area contributed by atoms with E-state index in [9.17, 15) is 0 Å². The smallest absolute Gasteiger partial charge is 0.0233 e. The maximum atomic E-state index is 2.53. The highest BCUT2D eigenvalue weighted by Gasteiger charge is 2.21. The monoisotopic (exact) mass is 431 g/mol. The molecule has 0 atom stereocenters. The normalized spacial score (nSPS) is 20.9. The molecule has 0 heterocycles. The number of rotatable bonds is 3. The molecule has 0 amide bonds. The van der Waals surface area contributed by atoms with Crippen molar-refractivity contribution in [3.8, 4) is 0 Å². The fourth-order valence-electron chi connectivity index (χ4n) is 2.68. The molecule has 1 fully saturated rings. The fourth-order valence-corrected chi connectivity index (χ4v) is 2.68. The van der Waals surface area contributed by atoms with E-state index in [0.717, 1.165) is 18.5 Å². The van der Waals surface area contributed by atoms with Gasteiger partial charge in [0.1, 0.15) is 0 Å². The summed E-state index contributed by atoms with van der Waals surface area (Å²) < 4.78 is 0.470. The largest absolute Gasteiger partial charge is 0.299 e. The molecule has 134 valence electrons. The van der Waals surface area contributed by atoms with E-state index in [2.05, 4.69) is 92.6 Å². The lowest BCUT2D eigenvalue weighted by Crippen LogP contribution is -2.34. The van der Waals surface area contributed by atoms with Crippen LogP contribution in [0.15, 0.2) is 30.3 Å². The summed E-state index contributed by atoms with van der Waals surface area (Å²) in [6.07, 6.45) is 5.57. The first-order valence-electron chi connectivity index (χ1n) is 9.19. The number of halogens is 1. The molecule has 1 aliphatic rings. The zero-order chi connectivity index (χ0) is 17.9. The summed E-state index contributed by atoms with van der Waals surface area (Å²) in [5.41, 5.74) is 1.43. The van der Waals surface area contributed by atoms with Gasteiger partial charge in [-0.3, -0.25) is 4.90 Å². The van der Waals surface area contributed by atoms with E-state index in [0.29, 0.717) is 3.42 Å². The molecule has 1 aliphatic carbocycles. The molecule has 23 heavy (non-hydrogen) atoms. The Labute approximate surface area is 159 Å². The van der Waals surface area contributed by atoms with Crippen LogP contribution < -0.4 is 0 Å². The van der Waals surface area contributed by atoms with Crippen molar-refractivity contribution in [2.45, 2.75) is 83.2 Å². The van der Waals surface area contributed by atoms with Gasteiger partial charge in [0.15, 0.2) is 0 Å². The minimum Gasteiger partial charge on any atom is -0.299 e. The predicted octanol–water partition coefficient (Wildman–Crippen LogP) is 6.94. The van der Waals surface area contributed by atoms with Crippen LogP contribution >= 0.6 is 22.6 Å². The van der Waals surface area contributed by atoms with Crippen molar-refractivity contribution in [2.75, 3.05) is 7.05 Å². The van der Waals surface area contributed by atoms with Crippen molar-refractivity contribution >= 4 is 22.6 Å². The van der Waals surface area contributed by atoms with Gasteiger partial charge in [0, 0.05) is 16.0 Å². The molecule has 1 nitrogen and oxygen atoms in total. The van der Waals surface area contributed by atoms with Crippen molar-refractivity contribution in [1.29, 1.82) is 0 Å². The van der Waals surface area contributed by atoms with Crippen LogP contribution in [0.4, 0.5) is 0 Å². The molecule has 0 N–H and O–H groups in total. The minimum absolute atomic E-state index is 0.470. The zero-order valence-corrected chi connectivity index (χ0v) is 18.6. The van der Waals surface area contributed by atoms with Crippen LogP contribution in [-0.4, -0.2) is 21.4 Å². The summed E-state index contributed by atoms with van der Waals surface area (Å²) in [7, 11) is 2.27. The van der Waals surface area contributed by atoms with Gasteiger partial charge in [-0.1, -0.05) is 94.5 Å². The Kier molecular flexibility index (Phi) is 12.2. The average molecular weight is 431 g/mol. The standard InChI is InChI=1S/C15H23N.C4H9I.C2H6/c1-13-8-10-15(11-9-13)16(2)12-14-6-4-3-5-7-14;1-4(2,3)5;1-2/h3-7,13,15H,8-12H2,1-2H3;1-3H3;1-2H3. The second-order valence-corrected chi connectivity index (χ2v) is 10.6. The minimum atomic E-state index is 0.470. The first kappa shape index (κ1) is 22.9. The molecule has 2 heteroatoms. The van der Waals surface area contributed by atoms with Gasteiger partial charge in [-0.2, -0.15) is 0 Å². The third-order valence-electron chi connectivity index (χ3n) is 3.88. The van der Waals surface area contributed by atoms with E-state index in [1.807, 2.05) is 13.8 Å². The number of hydrogen-bond donors (Lipinski definition) is 0. The van der Waals surface area contributed by atoms with Crippen LogP contribution in [-0.2, 0) is 6.54 Å². The van der Waals surface area contributed by atoms with Gasteiger partial charge in [0.2, 0.25) is 0 Å². The van der Waals surface area contributed by atoms with Crippen molar-refractivity contribution in [2.24, 2.45) is 5.92 Å². The van der Waals surface area contributed by atoms with Gasteiger partial charge >= 0.3 is 0 Å². The van der Waals surface area contributed by atoms with E-state index in [1.165, 1.54) is 31.2 Å². The highest BCUT2D eigenvalue weighted by molar-refractivity contribution is 14.1. The SMILES string of the molecule is CC.CC(C)(C)I.CC1CCC(N(C)Cc2ccccc2)CC1. The number of nitrogens with zero attached hydrogens (tertiary/aromatic N) is 1. The summed E-state index contributed by atoms with van der Waals surface area (Å²) in [4.78, 5) is 2.53. The van der Waals surface area contributed by atoms with Crippen molar-refractivity contribution in [3.63, 3.8) is 0 Å². The molecule has 1 aromatic carbocycles. The Morgan fingerprint density at radius 1 is 1.00 bits per heavy atom. The fraction of sp³-hybridized carbons (Fsp3) is 0.714. The second-order valence-electron chi connectivity index (χ2n) is 7.38. The van der Waals surface area contributed by atoms with E-state index in [4.69, 9.17) is 0 Å². The quantitative estimate of drug-likeness (QED) is 0.370. The average Bonchev–Trinajstić information content (AvgIpc) is 2.49. The molecule has 1 aromatic rings. The van der Waals surface area contributed by atoms with Crippen LogP contribution in [0.3, 0.4) is 0 Å². The van der Waals surface area contributed by atoms with Crippen LogP contribution in [0.1, 0.15) is 72.8 Å². The molecule has 0 unspecified atom stereocenters. The van der Waals surface area contributed by atoms with Gasteiger partial charge in [0.25, 0.3) is 0 Å². The van der Waals surface area contributed by atoms with Crippen LogP contribution in [0.25, 0.3) is 0 Å². The molecule has 0 bridgehead atoms. The second kappa shape index (κ2) is 12.3. The highest BCUT2D eigenvalue weighted by Crippen LogP contribution is 2.27. The lowest BCUT2D eigenvalue weighted by molar-refractivity contribution is 0.164. The Hall–Kier alpha value is -0.0900. The van der Waals surface area contributed by atoms with Crippen molar-refractivity contribution < 1.29 is 0 Å². The molecular weight excluding hydrogens is 393 g/mol. The molecule has 0 spiro atoms. The molecule has 1 saturated carbocycles. The summed E-state index contributed by atoms with van der Waals surface area (Å²) >= 11 is 2.38. The first-order valence-corrected chi connectivity index (χ1v) is 10.3. The van der Waals surface area contributed by atoms with Crippen LogP contribution in [0.5, 0.6) is 0 Å².